The summed E-state index contributed by atoms with van der Waals surface area (Å²) < 4.78 is 44.7. The number of benzene rings is 1. The van der Waals surface area contributed by atoms with E-state index in [1.165, 1.54) is 25.1 Å². The highest BCUT2D eigenvalue weighted by molar-refractivity contribution is 5.94. The second-order valence-corrected chi connectivity index (χ2v) is 6.30. The molecule has 1 aliphatic heterocycles. The number of alkyl halides is 3. The van der Waals surface area contributed by atoms with Crippen LogP contribution in [0, 0.1) is 0 Å². The summed E-state index contributed by atoms with van der Waals surface area (Å²) in [5, 5.41) is 2.75. The minimum Gasteiger partial charge on any atom is -0.458 e. The summed E-state index contributed by atoms with van der Waals surface area (Å²) in [6, 6.07) is 4.29. The molecule has 0 radical (unpaired) electrons. The predicted octanol–water partition coefficient (Wildman–Crippen LogP) is 2.64. The number of esters is 1. The molecule has 152 valence electrons. The highest BCUT2D eigenvalue weighted by Gasteiger charge is 2.37. The number of H-pyrrole nitrogens is 2. The zero-order chi connectivity index (χ0) is 21.3. The SMILES string of the molecule is C=CCOC(=O)C1=C(C)Nc2[nH]c(=O)[nH]c(=O)c2[C@@H]1c1cccc(C(F)(F)F)c1. The van der Waals surface area contributed by atoms with Gasteiger partial charge in [-0.25, -0.2) is 9.59 Å². The molecule has 3 rings (SSSR count). The average Bonchev–Trinajstić information content (AvgIpc) is 2.64. The van der Waals surface area contributed by atoms with Gasteiger partial charge in [0.1, 0.15) is 12.4 Å². The second kappa shape index (κ2) is 7.46. The van der Waals surface area contributed by atoms with E-state index in [4.69, 9.17) is 4.74 Å². The number of carbonyl (C=O) groups excluding carboxylic acids is 1. The van der Waals surface area contributed by atoms with E-state index in [1.54, 1.807) is 0 Å². The zero-order valence-electron chi connectivity index (χ0n) is 15.1. The Balaban J connectivity index is 2.27. The normalized spacial score (nSPS) is 16.1. The third-order valence-corrected chi connectivity index (χ3v) is 4.37. The number of hydrogen-bond acceptors (Lipinski definition) is 5. The lowest BCUT2D eigenvalue weighted by Crippen LogP contribution is -2.35. The second-order valence-electron chi connectivity index (χ2n) is 6.30. The fourth-order valence-electron chi connectivity index (χ4n) is 3.20. The first-order valence-electron chi connectivity index (χ1n) is 8.43. The minimum atomic E-state index is -4.62. The number of aromatic nitrogens is 2. The minimum absolute atomic E-state index is 0.000988. The molecule has 10 heteroatoms. The summed E-state index contributed by atoms with van der Waals surface area (Å²) >= 11 is 0. The van der Waals surface area contributed by atoms with Gasteiger partial charge in [-0.2, -0.15) is 13.2 Å². The Kier molecular flexibility index (Phi) is 5.19. The average molecular weight is 407 g/mol. The molecule has 1 aliphatic rings. The number of nitrogens with one attached hydrogen (secondary N) is 3. The summed E-state index contributed by atoms with van der Waals surface area (Å²) in [6.45, 7) is 4.81. The maximum atomic E-state index is 13.2. The molecule has 2 aromatic rings. The van der Waals surface area contributed by atoms with E-state index >= 15 is 0 Å². The van der Waals surface area contributed by atoms with Gasteiger partial charge in [-0.15, -0.1) is 0 Å². The van der Waals surface area contributed by atoms with Crippen molar-refractivity contribution in [3.63, 3.8) is 0 Å². The lowest BCUT2D eigenvalue weighted by atomic mass is 9.82. The van der Waals surface area contributed by atoms with Crippen LogP contribution in [0.25, 0.3) is 0 Å². The van der Waals surface area contributed by atoms with Gasteiger partial charge in [0.2, 0.25) is 0 Å². The van der Waals surface area contributed by atoms with Crippen LogP contribution in [0.4, 0.5) is 19.0 Å². The van der Waals surface area contributed by atoms with Crippen LogP contribution in [0.3, 0.4) is 0 Å². The molecule has 1 aromatic carbocycles. The summed E-state index contributed by atoms with van der Waals surface area (Å²) in [4.78, 5) is 41.2. The van der Waals surface area contributed by atoms with Crippen LogP contribution in [0.2, 0.25) is 0 Å². The lowest BCUT2D eigenvalue weighted by molar-refractivity contribution is -0.138. The molecule has 0 saturated carbocycles. The first-order chi connectivity index (χ1) is 13.6. The van der Waals surface area contributed by atoms with Gasteiger partial charge in [0, 0.05) is 5.70 Å². The van der Waals surface area contributed by atoms with Crippen molar-refractivity contribution in [3.8, 4) is 0 Å². The van der Waals surface area contributed by atoms with Gasteiger partial charge in [-0.05, 0) is 18.6 Å². The van der Waals surface area contributed by atoms with E-state index in [-0.39, 0.29) is 34.8 Å². The van der Waals surface area contributed by atoms with Gasteiger partial charge in [0.15, 0.2) is 0 Å². The number of aromatic amines is 2. The quantitative estimate of drug-likeness (QED) is 0.534. The van der Waals surface area contributed by atoms with Crippen LogP contribution in [0.15, 0.2) is 57.8 Å². The van der Waals surface area contributed by atoms with Crippen molar-refractivity contribution >= 4 is 11.8 Å². The summed E-state index contributed by atoms with van der Waals surface area (Å²) in [5.74, 6) is -2.01. The summed E-state index contributed by atoms with van der Waals surface area (Å²) in [6.07, 6.45) is -3.28. The first kappa shape index (κ1) is 20.2. The zero-order valence-corrected chi connectivity index (χ0v) is 15.1. The first-order valence-corrected chi connectivity index (χ1v) is 8.43. The van der Waals surface area contributed by atoms with Crippen molar-refractivity contribution in [1.29, 1.82) is 0 Å². The molecule has 7 nitrogen and oxygen atoms in total. The summed E-state index contributed by atoms with van der Waals surface area (Å²) in [7, 11) is 0. The molecule has 0 bridgehead atoms. The van der Waals surface area contributed by atoms with Gasteiger partial charge in [0.25, 0.3) is 5.56 Å². The van der Waals surface area contributed by atoms with E-state index in [0.717, 1.165) is 12.1 Å². The van der Waals surface area contributed by atoms with Gasteiger partial charge < -0.3 is 10.1 Å². The number of hydrogen-bond donors (Lipinski definition) is 3. The number of rotatable bonds is 4. The van der Waals surface area contributed by atoms with E-state index in [9.17, 15) is 27.6 Å². The Morgan fingerprint density at radius 1 is 1.28 bits per heavy atom. The molecule has 29 heavy (non-hydrogen) atoms. The number of carbonyl (C=O) groups is 1. The molecule has 1 atom stereocenters. The molecule has 0 amide bonds. The van der Waals surface area contributed by atoms with Crippen molar-refractivity contribution in [2.45, 2.75) is 19.0 Å². The molecule has 3 N–H and O–H groups in total. The molecule has 1 aromatic heterocycles. The highest BCUT2D eigenvalue weighted by Crippen LogP contribution is 2.40. The molecule has 0 fully saturated rings. The van der Waals surface area contributed by atoms with Crippen molar-refractivity contribution < 1.29 is 22.7 Å². The van der Waals surface area contributed by atoms with Crippen molar-refractivity contribution in [3.05, 3.63) is 85.7 Å². The smallest absolute Gasteiger partial charge is 0.416 e. The fourth-order valence-corrected chi connectivity index (χ4v) is 3.20. The maximum Gasteiger partial charge on any atom is 0.416 e. The van der Waals surface area contributed by atoms with Crippen molar-refractivity contribution in [2.24, 2.45) is 0 Å². The monoisotopic (exact) mass is 407 g/mol. The number of fused-ring (bicyclic) bond motifs is 1. The van der Waals surface area contributed by atoms with Gasteiger partial charge in [0.05, 0.1) is 22.6 Å². The Bertz CT molecular complexity index is 1130. The Morgan fingerprint density at radius 2 is 2.00 bits per heavy atom. The molecule has 2 heterocycles. The van der Waals surface area contributed by atoms with Crippen LogP contribution in [0.1, 0.15) is 29.5 Å². The third-order valence-electron chi connectivity index (χ3n) is 4.37. The largest absolute Gasteiger partial charge is 0.458 e. The van der Waals surface area contributed by atoms with Gasteiger partial charge >= 0.3 is 17.8 Å². The van der Waals surface area contributed by atoms with Crippen LogP contribution in [0.5, 0.6) is 0 Å². The van der Waals surface area contributed by atoms with Crippen molar-refractivity contribution in [1.82, 2.24) is 9.97 Å². The maximum absolute atomic E-state index is 13.2. The van der Waals surface area contributed by atoms with Gasteiger partial charge in [-0.1, -0.05) is 30.9 Å². The Hall–Kier alpha value is -3.56. The van der Waals surface area contributed by atoms with E-state index in [2.05, 4.69) is 16.9 Å². The Morgan fingerprint density at radius 3 is 2.66 bits per heavy atom. The predicted molar refractivity (Wildman–Crippen MR) is 98.4 cm³/mol. The third kappa shape index (κ3) is 3.86. The topological polar surface area (TPSA) is 104 Å². The number of anilines is 1. The van der Waals surface area contributed by atoms with E-state index in [1.807, 2.05) is 4.98 Å². The molecular formula is C19H16F3N3O4. The molecule has 0 saturated heterocycles. The van der Waals surface area contributed by atoms with Crippen LogP contribution < -0.4 is 16.6 Å². The lowest BCUT2D eigenvalue weighted by Gasteiger charge is -2.29. The van der Waals surface area contributed by atoms with Crippen LogP contribution in [-0.2, 0) is 15.7 Å². The van der Waals surface area contributed by atoms with E-state index < -0.39 is 34.9 Å². The molecular weight excluding hydrogens is 391 g/mol. The summed E-state index contributed by atoms with van der Waals surface area (Å²) in [5.41, 5.74) is -2.43. The molecule has 0 unspecified atom stereocenters. The van der Waals surface area contributed by atoms with Crippen LogP contribution in [-0.4, -0.2) is 22.5 Å². The standard InChI is InChI=1S/C19H16F3N3O4/c1-3-7-29-17(27)12-9(2)23-15-14(16(26)25-18(28)24-15)13(12)10-5-4-6-11(8-10)19(20,21)22/h3-6,8,13H,1,7H2,2H3,(H3,23,24,25,26,28)/t13-/m1/s1. The number of ether oxygens (including phenoxy) is 1. The van der Waals surface area contributed by atoms with Crippen LogP contribution >= 0.6 is 0 Å². The van der Waals surface area contributed by atoms with Gasteiger partial charge in [-0.3, -0.25) is 14.8 Å². The van der Waals surface area contributed by atoms with E-state index in [0.29, 0.717) is 0 Å². The number of halogens is 3. The fraction of sp³-hybridized carbons (Fsp3) is 0.211. The highest BCUT2D eigenvalue weighted by atomic mass is 19.4. The van der Waals surface area contributed by atoms with Crippen molar-refractivity contribution in [2.75, 3.05) is 11.9 Å². The number of allylic oxidation sites excluding steroid dienone is 1. The molecule has 0 spiro atoms. The molecule has 0 aliphatic carbocycles. The Labute approximate surface area is 161 Å².